The van der Waals surface area contributed by atoms with Crippen molar-refractivity contribution in [2.24, 2.45) is 5.92 Å². The lowest BCUT2D eigenvalue weighted by atomic mass is 9.99. The van der Waals surface area contributed by atoms with Crippen LogP contribution in [0.15, 0.2) is 11.4 Å². The number of hydrogen-bond donors (Lipinski definition) is 2. The molecule has 1 saturated carbocycles. The molecule has 0 aromatic carbocycles. The first-order valence-corrected chi connectivity index (χ1v) is 6.73. The first kappa shape index (κ1) is 10.8. The van der Waals surface area contributed by atoms with Gasteiger partial charge in [-0.15, -0.1) is 11.3 Å². The summed E-state index contributed by atoms with van der Waals surface area (Å²) in [4.78, 5) is 9.51. The van der Waals surface area contributed by atoms with Gasteiger partial charge in [-0.2, -0.15) is 4.98 Å². The van der Waals surface area contributed by atoms with Crippen molar-refractivity contribution in [1.29, 1.82) is 0 Å². The summed E-state index contributed by atoms with van der Waals surface area (Å²) in [6.07, 6.45) is 2.60. The zero-order valence-electron chi connectivity index (χ0n) is 10.0. The normalized spacial score (nSPS) is 16.4. The second kappa shape index (κ2) is 3.57. The van der Waals surface area contributed by atoms with E-state index in [0.29, 0.717) is 5.95 Å². The van der Waals surface area contributed by atoms with Gasteiger partial charge >= 0.3 is 0 Å². The Morgan fingerprint density at radius 2 is 2.18 bits per heavy atom. The highest BCUT2D eigenvalue weighted by Gasteiger charge is 2.38. The Labute approximate surface area is 104 Å². The van der Waals surface area contributed by atoms with Crippen molar-refractivity contribution in [2.75, 3.05) is 11.1 Å². The molecule has 0 spiro atoms. The Hall–Kier alpha value is -1.36. The van der Waals surface area contributed by atoms with Crippen molar-refractivity contribution in [3.05, 3.63) is 11.4 Å². The molecule has 0 aliphatic heterocycles. The quantitative estimate of drug-likeness (QED) is 0.876. The largest absolute Gasteiger partial charge is 0.368 e. The third kappa shape index (κ3) is 1.95. The van der Waals surface area contributed by atoms with Gasteiger partial charge in [0.15, 0.2) is 0 Å². The van der Waals surface area contributed by atoms with Gasteiger partial charge < -0.3 is 11.1 Å². The molecule has 0 radical (unpaired) electrons. The van der Waals surface area contributed by atoms with E-state index in [1.165, 1.54) is 12.8 Å². The maximum absolute atomic E-state index is 5.74. The predicted octanol–water partition coefficient (Wildman–Crippen LogP) is 2.87. The molecule has 1 aliphatic carbocycles. The molecule has 4 nitrogen and oxygen atoms in total. The summed E-state index contributed by atoms with van der Waals surface area (Å²) >= 11 is 1.59. The van der Waals surface area contributed by atoms with Crippen LogP contribution >= 0.6 is 11.3 Å². The molecule has 0 bridgehead atoms. The molecule has 2 aromatic heterocycles. The summed E-state index contributed by atoms with van der Waals surface area (Å²) in [6.45, 7) is 4.45. The molecule has 0 amide bonds. The Morgan fingerprint density at radius 1 is 1.41 bits per heavy atom. The fourth-order valence-corrected chi connectivity index (χ4v) is 2.95. The number of nitrogen functional groups attached to an aromatic ring is 1. The summed E-state index contributed by atoms with van der Waals surface area (Å²) < 4.78 is 0. The highest BCUT2D eigenvalue weighted by Crippen LogP contribution is 2.41. The Morgan fingerprint density at radius 3 is 2.88 bits per heavy atom. The fraction of sp³-hybridized carbons (Fsp3) is 0.500. The molecule has 5 heteroatoms. The van der Waals surface area contributed by atoms with Crippen molar-refractivity contribution in [3.8, 4) is 0 Å². The Kier molecular flexibility index (Phi) is 2.26. The van der Waals surface area contributed by atoms with E-state index in [2.05, 4.69) is 29.1 Å². The first-order chi connectivity index (χ1) is 8.06. The van der Waals surface area contributed by atoms with Crippen molar-refractivity contribution in [3.63, 3.8) is 0 Å². The predicted molar refractivity (Wildman–Crippen MR) is 72.3 cm³/mol. The van der Waals surface area contributed by atoms with Crippen LogP contribution in [0.25, 0.3) is 10.2 Å². The lowest BCUT2D eigenvalue weighted by Gasteiger charge is -2.27. The van der Waals surface area contributed by atoms with Gasteiger partial charge in [0.05, 0.1) is 5.39 Å². The number of rotatable bonds is 3. The van der Waals surface area contributed by atoms with Crippen molar-refractivity contribution in [1.82, 2.24) is 9.97 Å². The van der Waals surface area contributed by atoms with Crippen LogP contribution in [0.1, 0.15) is 26.7 Å². The van der Waals surface area contributed by atoms with E-state index in [1.807, 2.05) is 11.4 Å². The van der Waals surface area contributed by atoms with E-state index in [1.54, 1.807) is 11.3 Å². The molecule has 1 fully saturated rings. The van der Waals surface area contributed by atoms with Crippen LogP contribution in [0.2, 0.25) is 0 Å². The highest BCUT2D eigenvalue weighted by molar-refractivity contribution is 7.16. The van der Waals surface area contributed by atoms with Gasteiger partial charge in [0, 0.05) is 5.54 Å². The molecule has 2 heterocycles. The smallest absolute Gasteiger partial charge is 0.223 e. The molecular weight excluding hydrogens is 232 g/mol. The van der Waals surface area contributed by atoms with Crippen LogP contribution < -0.4 is 11.1 Å². The maximum Gasteiger partial charge on any atom is 0.223 e. The fourth-order valence-electron chi connectivity index (χ4n) is 2.18. The average Bonchev–Trinajstić information content (AvgIpc) is 2.99. The maximum atomic E-state index is 5.74. The number of fused-ring (bicyclic) bond motifs is 1. The monoisotopic (exact) mass is 248 g/mol. The molecule has 3 rings (SSSR count). The lowest BCUT2D eigenvalue weighted by Crippen LogP contribution is -2.33. The van der Waals surface area contributed by atoms with Gasteiger partial charge in [0.2, 0.25) is 5.95 Å². The van der Waals surface area contributed by atoms with Gasteiger partial charge in [-0.3, -0.25) is 0 Å². The zero-order valence-corrected chi connectivity index (χ0v) is 10.8. The van der Waals surface area contributed by atoms with Gasteiger partial charge in [-0.05, 0) is 44.1 Å². The number of anilines is 2. The second-order valence-corrected chi connectivity index (χ2v) is 6.09. The second-order valence-electron chi connectivity index (χ2n) is 5.19. The number of nitrogens with zero attached hydrogens (tertiary/aromatic N) is 2. The summed E-state index contributed by atoms with van der Waals surface area (Å²) in [6, 6.07) is 2.05. The third-order valence-corrected chi connectivity index (χ3v) is 4.19. The van der Waals surface area contributed by atoms with Crippen LogP contribution in [-0.2, 0) is 0 Å². The van der Waals surface area contributed by atoms with Crippen molar-refractivity contribution >= 4 is 33.3 Å². The number of nitrogens with two attached hydrogens (primary N) is 1. The molecule has 0 unspecified atom stereocenters. The molecule has 0 saturated heterocycles. The summed E-state index contributed by atoms with van der Waals surface area (Å²) in [7, 11) is 0. The zero-order chi connectivity index (χ0) is 12.0. The Bertz CT molecular complexity index is 557. The number of aromatic nitrogens is 2. The van der Waals surface area contributed by atoms with E-state index >= 15 is 0 Å². The molecule has 90 valence electrons. The minimum atomic E-state index is 0.0790. The number of hydrogen-bond acceptors (Lipinski definition) is 5. The summed E-state index contributed by atoms with van der Waals surface area (Å²) in [5.41, 5.74) is 5.82. The molecule has 2 aromatic rings. The van der Waals surface area contributed by atoms with Gasteiger partial charge in [-0.1, -0.05) is 0 Å². The summed E-state index contributed by atoms with van der Waals surface area (Å²) in [5, 5.41) is 6.62. The van der Waals surface area contributed by atoms with Gasteiger partial charge in [-0.25, -0.2) is 4.98 Å². The molecular formula is C12H16N4S. The SMILES string of the molecule is CC(C)(Nc1nc(N)nc2sccc12)C1CC1. The average molecular weight is 248 g/mol. The molecule has 3 N–H and O–H groups in total. The minimum Gasteiger partial charge on any atom is -0.368 e. The van der Waals surface area contributed by atoms with Gasteiger partial charge in [0.1, 0.15) is 10.6 Å². The van der Waals surface area contributed by atoms with E-state index in [0.717, 1.165) is 22.0 Å². The van der Waals surface area contributed by atoms with Crippen LogP contribution in [0, 0.1) is 5.92 Å². The van der Waals surface area contributed by atoms with E-state index in [4.69, 9.17) is 5.73 Å². The van der Waals surface area contributed by atoms with E-state index < -0.39 is 0 Å². The standard InChI is InChI=1S/C12H16N4S/c1-12(2,7-3-4-7)16-9-8-5-6-17-10(8)15-11(13)14-9/h5-7H,3-4H2,1-2H3,(H3,13,14,15,16). The van der Waals surface area contributed by atoms with Gasteiger partial charge in [0.25, 0.3) is 0 Å². The van der Waals surface area contributed by atoms with Crippen LogP contribution in [0.4, 0.5) is 11.8 Å². The number of nitrogens with one attached hydrogen (secondary N) is 1. The first-order valence-electron chi connectivity index (χ1n) is 5.85. The Balaban J connectivity index is 2.01. The summed E-state index contributed by atoms with van der Waals surface area (Å²) in [5.74, 6) is 1.95. The van der Waals surface area contributed by atoms with Crippen LogP contribution in [0.5, 0.6) is 0 Å². The number of thiophene rings is 1. The molecule has 0 atom stereocenters. The lowest BCUT2D eigenvalue weighted by molar-refractivity contribution is 0.493. The van der Waals surface area contributed by atoms with E-state index in [-0.39, 0.29) is 5.54 Å². The third-order valence-electron chi connectivity index (χ3n) is 3.38. The molecule has 1 aliphatic rings. The highest BCUT2D eigenvalue weighted by atomic mass is 32.1. The minimum absolute atomic E-state index is 0.0790. The van der Waals surface area contributed by atoms with Crippen LogP contribution in [0.3, 0.4) is 0 Å². The van der Waals surface area contributed by atoms with E-state index in [9.17, 15) is 0 Å². The van der Waals surface area contributed by atoms with Crippen LogP contribution in [-0.4, -0.2) is 15.5 Å². The van der Waals surface area contributed by atoms with Crippen molar-refractivity contribution in [2.45, 2.75) is 32.2 Å². The molecule has 17 heavy (non-hydrogen) atoms. The van der Waals surface area contributed by atoms with Crippen molar-refractivity contribution < 1.29 is 0 Å². The topological polar surface area (TPSA) is 63.8 Å².